The molecule has 0 radical (unpaired) electrons. The zero-order valence-electron chi connectivity index (χ0n) is 9.86. The molecule has 1 unspecified atom stereocenters. The number of imide groups is 1. The van der Waals surface area contributed by atoms with E-state index in [2.05, 4.69) is 10.6 Å². The first-order valence-corrected chi connectivity index (χ1v) is 5.91. The van der Waals surface area contributed by atoms with Crippen molar-refractivity contribution in [1.29, 1.82) is 0 Å². The van der Waals surface area contributed by atoms with Gasteiger partial charge in [0.2, 0.25) is 11.8 Å². The van der Waals surface area contributed by atoms with Gasteiger partial charge in [0.1, 0.15) is 6.04 Å². The van der Waals surface area contributed by atoms with Gasteiger partial charge in [0, 0.05) is 19.5 Å². The van der Waals surface area contributed by atoms with Crippen molar-refractivity contribution in [2.45, 2.75) is 37.8 Å². The molecule has 6 heteroatoms. The predicted molar refractivity (Wildman–Crippen MR) is 60.0 cm³/mol. The maximum Gasteiger partial charge on any atom is 0.251 e. The van der Waals surface area contributed by atoms with Crippen molar-refractivity contribution in [3.8, 4) is 0 Å². The molecule has 3 amide bonds. The zero-order chi connectivity index (χ0) is 12.4. The molecule has 0 aromatic rings. The standard InChI is InChI=1S/C11H17N3O3/c1-14-10(16)5-4-8(11(14)17)13-9(15)6-12-7-2-3-7/h7-8,12H,2-6H2,1H3,(H,13,15). The monoisotopic (exact) mass is 239 g/mol. The molecular weight excluding hydrogens is 222 g/mol. The molecule has 17 heavy (non-hydrogen) atoms. The van der Waals surface area contributed by atoms with Gasteiger partial charge in [-0.1, -0.05) is 0 Å². The second-order valence-electron chi connectivity index (χ2n) is 4.60. The largest absolute Gasteiger partial charge is 0.343 e. The number of piperidine rings is 1. The molecule has 1 saturated heterocycles. The lowest BCUT2D eigenvalue weighted by atomic mass is 10.0. The fourth-order valence-electron chi connectivity index (χ4n) is 1.82. The Kier molecular flexibility index (Phi) is 3.42. The highest BCUT2D eigenvalue weighted by Gasteiger charge is 2.32. The molecule has 1 heterocycles. The number of nitrogens with one attached hydrogen (secondary N) is 2. The summed E-state index contributed by atoms with van der Waals surface area (Å²) in [6.07, 6.45) is 2.94. The molecule has 0 bridgehead atoms. The summed E-state index contributed by atoms with van der Waals surface area (Å²) in [7, 11) is 1.45. The Labute approximate surface area is 99.7 Å². The molecule has 0 aromatic carbocycles. The summed E-state index contributed by atoms with van der Waals surface area (Å²) < 4.78 is 0. The normalized spacial score (nSPS) is 25.0. The van der Waals surface area contributed by atoms with Crippen LogP contribution in [0.25, 0.3) is 0 Å². The summed E-state index contributed by atoms with van der Waals surface area (Å²) >= 11 is 0. The van der Waals surface area contributed by atoms with E-state index >= 15 is 0 Å². The van der Waals surface area contributed by atoms with E-state index in [0.717, 1.165) is 17.7 Å². The van der Waals surface area contributed by atoms with Gasteiger partial charge in [-0.2, -0.15) is 0 Å². The molecular formula is C11H17N3O3. The van der Waals surface area contributed by atoms with Gasteiger partial charge < -0.3 is 10.6 Å². The minimum absolute atomic E-state index is 0.182. The number of carbonyl (C=O) groups excluding carboxylic acids is 3. The number of likely N-dealkylation sites (tertiary alicyclic amines) is 1. The number of rotatable bonds is 4. The smallest absolute Gasteiger partial charge is 0.251 e. The molecule has 1 atom stereocenters. The third kappa shape index (κ3) is 3.03. The SMILES string of the molecule is CN1C(=O)CCC(NC(=O)CNC2CC2)C1=O. The van der Waals surface area contributed by atoms with Gasteiger partial charge in [0.25, 0.3) is 5.91 Å². The van der Waals surface area contributed by atoms with Crippen LogP contribution < -0.4 is 10.6 Å². The van der Waals surface area contributed by atoms with Crippen LogP contribution in [0.1, 0.15) is 25.7 Å². The summed E-state index contributed by atoms with van der Waals surface area (Å²) in [6.45, 7) is 0.242. The maximum atomic E-state index is 11.7. The van der Waals surface area contributed by atoms with Gasteiger partial charge in [-0.25, -0.2) is 0 Å². The zero-order valence-corrected chi connectivity index (χ0v) is 9.86. The summed E-state index contributed by atoms with van der Waals surface area (Å²) in [6, 6.07) is -0.0849. The second kappa shape index (κ2) is 4.83. The number of likely N-dealkylation sites (N-methyl/N-ethyl adjacent to an activating group) is 1. The number of hydrogen-bond acceptors (Lipinski definition) is 4. The van der Waals surface area contributed by atoms with Gasteiger partial charge in [-0.15, -0.1) is 0 Å². The summed E-state index contributed by atoms with van der Waals surface area (Å²) in [5, 5.41) is 5.73. The van der Waals surface area contributed by atoms with Crippen molar-refractivity contribution in [1.82, 2.24) is 15.5 Å². The highest BCUT2D eigenvalue weighted by atomic mass is 16.2. The van der Waals surface area contributed by atoms with Crippen LogP contribution in [0.2, 0.25) is 0 Å². The minimum atomic E-state index is -0.550. The van der Waals surface area contributed by atoms with Gasteiger partial charge in [0.15, 0.2) is 0 Å². The van der Waals surface area contributed by atoms with Crippen molar-refractivity contribution in [3.63, 3.8) is 0 Å². The summed E-state index contributed by atoms with van der Waals surface area (Å²) in [4.78, 5) is 35.6. The lowest BCUT2D eigenvalue weighted by Crippen LogP contribution is -2.54. The number of carbonyl (C=O) groups is 3. The highest BCUT2D eigenvalue weighted by molar-refractivity contribution is 6.01. The molecule has 1 aliphatic carbocycles. The molecule has 2 N–H and O–H groups in total. The second-order valence-corrected chi connectivity index (χ2v) is 4.60. The summed E-state index contributed by atoms with van der Waals surface area (Å²) in [5.74, 6) is -0.685. The molecule has 6 nitrogen and oxygen atoms in total. The Balaban J connectivity index is 1.79. The highest BCUT2D eigenvalue weighted by Crippen LogP contribution is 2.18. The minimum Gasteiger partial charge on any atom is -0.343 e. The lowest BCUT2D eigenvalue weighted by molar-refractivity contribution is -0.149. The van der Waals surface area contributed by atoms with Crippen molar-refractivity contribution in [2.75, 3.05) is 13.6 Å². The molecule has 94 valence electrons. The maximum absolute atomic E-state index is 11.7. The van der Waals surface area contributed by atoms with E-state index in [9.17, 15) is 14.4 Å². The van der Waals surface area contributed by atoms with Crippen molar-refractivity contribution >= 4 is 17.7 Å². The first-order chi connectivity index (χ1) is 8.08. The molecule has 0 spiro atoms. The van der Waals surface area contributed by atoms with Crippen LogP contribution in [0.5, 0.6) is 0 Å². The van der Waals surface area contributed by atoms with E-state index in [1.165, 1.54) is 7.05 Å². The Morgan fingerprint density at radius 2 is 2.06 bits per heavy atom. The third-order valence-corrected chi connectivity index (χ3v) is 3.11. The average molecular weight is 239 g/mol. The van der Waals surface area contributed by atoms with Gasteiger partial charge in [0.05, 0.1) is 6.54 Å². The van der Waals surface area contributed by atoms with Gasteiger partial charge in [-0.05, 0) is 19.3 Å². The predicted octanol–water partition coefficient (Wildman–Crippen LogP) is -0.998. The van der Waals surface area contributed by atoms with Crippen LogP contribution in [0.15, 0.2) is 0 Å². The van der Waals surface area contributed by atoms with E-state index in [4.69, 9.17) is 0 Å². The molecule has 2 rings (SSSR count). The molecule has 1 saturated carbocycles. The average Bonchev–Trinajstić information content (AvgIpc) is 3.11. The fourth-order valence-corrected chi connectivity index (χ4v) is 1.82. The van der Waals surface area contributed by atoms with E-state index in [1.807, 2.05) is 0 Å². The Hall–Kier alpha value is -1.43. The van der Waals surface area contributed by atoms with Gasteiger partial charge in [-0.3, -0.25) is 19.3 Å². The Morgan fingerprint density at radius 3 is 2.71 bits per heavy atom. The quantitative estimate of drug-likeness (QED) is 0.617. The molecule has 2 fully saturated rings. The van der Waals surface area contributed by atoms with Crippen LogP contribution >= 0.6 is 0 Å². The van der Waals surface area contributed by atoms with Crippen molar-refractivity contribution in [3.05, 3.63) is 0 Å². The van der Waals surface area contributed by atoms with Gasteiger partial charge >= 0.3 is 0 Å². The first-order valence-electron chi connectivity index (χ1n) is 5.91. The van der Waals surface area contributed by atoms with Crippen LogP contribution in [0.4, 0.5) is 0 Å². The van der Waals surface area contributed by atoms with E-state index < -0.39 is 6.04 Å². The number of nitrogens with zero attached hydrogens (tertiary/aromatic N) is 1. The first kappa shape index (κ1) is 12.0. The third-order valence-electron chi connectivity index (χ3n) is 3.11. The molecule has 2 aliphatic rings. The van der Waals surface area contributed by atoms with E-state index in [0.29, 0.717) is 18.9 Å². The molecule has 1 aliphatic heterocycles. The lowest BCUT2D eigenvalue weighted by Gasteiger charge is -2.28. The fraction of sp³-hybridized carbons (Fsp3) is 0.727. The van der Waals surface area contributed by atoms with Crippen LogP contribution in [0.3, 0.4) is 0 Å². The molecule has 0 aromatic heterocycles. The Bertz CT molecular complexity index is 352. The van der Waals surface area contributed by atoms with Crippen molar-refractivity contribution < 1.29 is 14.4 Å². The van der Waals surface area contributed by atoms with Crippen LogP contribution in [0, 0.1) is 0 Å². The Morgan fingerprint density at radius 1 is 1.35 bits per heavy atom. The van der Waals surface area contributed by atoms with E-state index in [1.54, 1.807) is 0 Å². The summed E-state index contributed by atoms with van der Waals surface area (Å²) in [5.41, 5.74) is 0. The van der Waals surface area contributed by atoms with Crippen LogP contribution in [-0.2, 0) is 14.4 Å². The number of hydrogen-bond donors (Lipinski definition) is 2. The number of amides is 3. The van der Waals surface area contributed by atoms with E-state index in [-0.39, 0.29) is 24.3 Å². The topological polar surface area (TPSA) is 78.5 Å². The van der Waals surface area contributed by atoms with Crippen LogP contribution in [-0.4, -0.2) is 48.3 Å². The van der Waals surface area contributed by atoms with Crippen molar-refractivity contribution in [2.24, 2.45) is 0 Å².